The Balaban J connectivity index is -0.000000107. The van der Waals surface area contributed by atoms with E-state index in [0.717, 1.165) is 12.8 Å². The molecule has 0 spiro atoms. The first-order chi connectivity index (χ1) is 8.72. The molecular formula is C16H31NO. The van der Waals surface area contributed by atoms with Crippen LogP contribution >= 0.6 is 0 Å². The largest absolute Gasteiger partial charge is 0.366 e. The highest BCUT2D eigenvalue weighted by Crippen LogP contribution is 2.02. The third-order valence-corrected chi connectivity index (χ3v) is 1.55. The maximum Gasteiger partial charge on any atom is 0.248 e. The molecule has 0 unspecified atom stereocenters. The van der Waals surface area contributed by atoms with E-state index in [1.54, 1.807) is 12.2 Å². The normalized spacial score (nSPS) is 11.1. The molecule has 2 heteroatoms. The number of nitrogens with two attached hydrogens (primary N) is 1. The fourth-order valence-electron chi connectivity index (χ4n) is 0.744. The molecule has 0 heterocycles. The number of carbonyl (C=O) groups is 1. The van der Waals surface area contributed by atoms with Crippen LogP contribution in [0.15, 0.2) is 48.6 Å². The Morgan fingerprint density at radius 1 is 1.39 bits per heavy atom. The molecule has 18 heavy (non-hydrogen) atoms. The molecule has 1 rings (SSSR count). The van der Waals surface area contributed by atoms with E-state index in [4.69, 9.17) is 5.73 Å². The van der Waals surface area contributed by atoms with Crippen molar-refractivity contribution in [1.29, 1.82) is 0 Å². The van der Waals surface area contributed by atoms with Gasteiger partial charge in [-0.1, -0.05) is 65.0 Å². The second-order valence-electron chi connectivity index (χ2n) is 2.75. The van der Waals surface area contributed by atoms with Gasteiger partial charge in [0.05, 0.1) is 0 Å². The third-order valence-electron chi connectivity index (χ3n) is 1.55. The van der Waals surface area contributed by atoms with Crippen LogP contribution in [0.25, 0.3) is 0 Å². The monoisotopic (exact) mass is 253 g/mol. The van der Waals surface area contributed by atoms with Gasteiger partial charge in [0.2, 0.25) is 5.91 Å². The second kappa shape index (κ2) is 20.8. The van der Waals surface area contributed by atoms with Crippen LogP contribution in [0.3, 0.4) is 0 Å². The Kier molecular flexibility index (Phi) is 25.1. The number of allylic oxidation sites excluding steroid dienone is 5. The van der Waals surface area contributed by atoms with Crippen molar-refractivity contribution in [2.45, 2.75) is 47.5 Å². The van der Waals surface area contributed by atoms with Crippen molar-refractivity contribution < 1.29 is 6.22 Å². The van der Waals surface area contributed by atoms with Gasteiger partial charge in [-0.05, 0) is 18.9 Å². The smallest absolute Gasteiger partial charge is 0.248 e. The Morgan fingerprint density at radius 2 is 1.89 bits per heavy atom. The molecular weight excluding hydrogens is 222 g/mol. The van der Waals surface area contributed by atoms with Crippen molar-refractivity contribution in [2.24, 2.45) is 5.73 Å². The lowest BCUT2D eigenvalue weighted by atomic mass is 10.2. The molecule has 0 bridgehead atoms. The topological polar surface area (TPSA) is 43.1 Å². The van der Waals surface area contributed by atoms with Gasteiger partial charge in [0.15, 0.2) is 0 Å². The molecule has 106 valence electrons. The van der Waals surface area contributed by atoms with Crippen molar-refractivity contribution in [3.8, 4) is 0 Å². The van der Waals surface area contributed by atoms with E-state index in [2.05, 4.69) is 13.5 Å². The van der Waals surface area contributed by atoms with Crippen LogP contribution < -0.4 is 5.73 Å². The zero-order valence-corrected chi connectivity index (χ0v) is 12.6. The van der Waals surface area contributed by atoms with Gasteiger partial charge in [0, 0.05) is 7.00 Å². The molecule has 0 aromatic carbocycles. The lowest BCUT2D eigenvalue weighted by molar-refractivity contribution is -0.114. The Bertz CT molecular complexity index is 278. The van der Waals surface area contributed by atoms with E-state index in [1.807, 2.05) is 52.0 Å². The van der Waals surface area contributed by atoms with Gasteiger partial charge in [0.1, 0.15) is 0 Å². The van der Waals surface area contributed by atoms with Crippen molar-refractivity contribution in [3.63, 3.8) is 0 Å². The Labute approximate surface area is 114 Å². The van der Waals surface area contributed by atoms with Crippen LogP contribution in [0.2, 0.25) is 0 Å². The SMILES string of the molecule is C=CCC.CC.CC.NC(=O)C1=CC=CCC=C1.[HH]. The van der Waals surface area contributed by atoms with Crippen molar-refractivity contribution >= 4 is 5.91 Å². The minimum absolute atomic E-state index is 0. The summed E-state index contributed by atoms with van der Waals surface area (Å²) in [6, 6.07) is 0. The van der Waals surface area contributed by atoms with E-state index in [-0.39, 0.29) is 7.33 Å². The summed E-state index contributed by atoms with van der Waals surface area (Å²) < 4.78 is 0. The molecule has 0 aromatic rings. The van der Waals surface area contributed by atoms with Crippen LogP contribution in [0.5, 0.6) is 0 Å². The first kappa shape index (κ1) is 21.7. The number of hydrogen-bond donors (Lipinski definition) is 1. The molecule has 1 amide bonds. The van der Waals surface area contributed by atoms with E-state index in [0.29, 0.717) is 5.57 Å². The number of hydrogen-bond acceptors (Lipinski definition) is 1. The van der Waals surface area contributed by atoms with Crippen molar-refractivity contribution in [1.82, 2.24) is 0 Å². The van der Waals surface area contributed by atoms with Crippen molar-refractivity contribution in [3.05, 3.63) is 48.6 Å². The first-order valence-electron chi connectivity index (χ1n) is 6.66. The Hall–Kier alpha value is -1.57. The number of amides is 1. The summed E-state index contributed by atoms with van der Waals surface area (Å²) in [7, 11) is 0. The van der Waals surface area contributed by atoms with Gasteiger partial charge in [-0.2, -0.15) is 0 Å². The van der Waals surface area contributed by atoms with E-state index >= 15 is 0 Å². The maximum absolute atomic E-state index is 10.6. The summed E-state index contributed by atoms with van der Waals surface area (Å²) in [5.74, 6) is -0.372. The summed E-state index contributed by atoms with van der Waals surface area (Å²) in [5, 5.41) is 0. The van der Waals surface area contributed by atoms with Crippen LogP contribution in [-0.2, 0) is 4.79 Å². The predicted octanol–water partition coefficient (Wildman–Crippen LogP) is 4.80. The summed E-state index contributed by atoms with van der Waals surface area (Å²) in [6.07, 6.45) is 13.0. The van der Waals surface area contributed by atoms with Crippen LogP contribution in [0, 0.1) is 0 Å². The number of primary amides is 1. The third kappa shape index (κ3) is 16.8. The summed E-state index contributed by atoms with van der Waals surface area (Å²) in [6.45, 7) is 13.5. The maximum atomic E-state index is 10.6. The molecule has 0 aromatic heterocycles. The zero-order chi connectivity index (χ0) is 14.8. The average Bonchev–Trinajstić information content (AvgIpc) is 2.72. The van der Waals surface area contributed by atoms with Gasteiger partial charge in [0.25, 0.3) is 0 Å². The second-order valence-corrected chi connectivity index (χ2v) is 2.75. The van der Waals surface area contributed by atoms with Gasteiger partial charge in [-0.15, -0.1) is 6.58 Å². The Morgan fingerprint density at radius 3 is 2.28 bits per heavy atom. The molecule has 0 atom stereocenters. The molecule has 0 saturated heterocycles. The van der Waals surface area contributed by atoms with E-state index in [9.17, 15) is 4.79 Å². The molecule has 0 radical (unpaired) electrons. The lowest BCUT2D eigenvalue weighted by Crippen LogP contribution is -2.11. The lowest BCUT2D eigenvalue weighted by Gasteiger charge is -1.89. The van der Waals surface area contributed by atoms with Crippen molar-refractivity contribution in [2.75, 3.05) is 0 Å². The molecule has 2 nitrogen and oxygen atoms in total. The standard InChI is InChI=1S/C8H9NO.C4H8.2C2H6.H2/c9-8(10)7-5-3-1-2-4-6-7;1-3-4-2;2*1-2;/h1,3-6H,2H2,(H2,9,10);3H,1,4H2,2H3;2*1-2H3;1H. The summed E-state index contributed by atoms with van der Waals surface area (Å²) in [5.41, 5.74) is 5.61. The quantitative estimate of drug-likeness (QED) is 0.706. The van der Waals surface area contributed by atoms with Crippen LogP contribution in [0.1, 0.15) is 48.9 Å². The van der Waals surface area contributed by atoms with Gasteiger partial charge >= 0.3 is 0 Å². The molecule has 0 fully saturated rings. The highest BCUT2D eigenvalue weighted by Gasteiger charge is 1.98. The highest BCUT2D eigenvalue weighted by atomic mass is 16.1. The molecule has 0 aliphatic heterocycles. The summed E-state index contributed by atoms with van der Waals surface area (Å²) in [4.78, 5) is 10.6. The fraction of sp³-hybridized carbons (Fsp3) is 0.438. The fourth-order valence-corrected chi connectivity index (χ4v) is 0.744. The molecule has 1 aliphatic rings. The summed E-state index contributed by atoms with van der Waals surface area (Å²) >= 11 is 0. The highest BCUT2D eigenvalue weighted by molar-refractivity contribution is 5.95. The predicted molar refractivity (Wildman–Crippen MR) is 85.5 cm³/mol. The van der Waals surface area contributed by atoms with E-state index in [1.165, 1.54) is 0 Å². The van der Waals surface area contributed by atoms with E-state index < -0.39 is 0 Å². The van der Waals surface area contributed by atoms with Gasteiger partial charge in [-0.3, -0.25) is 4.79 Å². The molecule has 2 N–H and O–H groups in total. The van der Waals surface area contributed by atoms with Crippen LogP contribution in [0.4, 0.5) is 0 Å². The average molecular weight is 253 g/mol. The molecule has 1 aliphatic carbocycles. The zero-order valence-electron chi connectivity index (χ0n) is 12.6. The first-order valence-corrected chi connectivity index (χ1v) is 6.66. The number of rotatable bonds is 2. The minimum Gasteiger partial charge on any atom is -0.366 e. The minimum atomic E-state index is -0.372. The number of carbonyl (C=O) groups excluding carboxylic acids is 1. The van der Waals surface area contributed by atoms with Gasteiger partial charge in [-0.25, -0.2) is 0 Å². The van der Waals surface area contributed by atoms with Gasteiger partial charge < -0.3 is 5.73 Å². The molecule has 0 saturated carbocycles. The van der Waals surface area contributed by atoms with Crippen LogP contribution in [-0.4, -0.2) is 5.91 Å².